The molecule has 2 aromatic rings. The summed E-state index contributed by atoms with van der Waals surface area (Å²) < 4.78 is 5.51. The summed E-state index contributed by atoms with van der Waals surface area (Å²) in [5.74, 6) is -0.726. The number of piperazine rings is 1. The molecule has 0 spiro atoms. The van der Waals surface area contributed by atoms with Crippen molar-refractivity contribution in [1.82, 2.24) is 9.91 Å². The molecule has 1 amide bonds. The molecule has 1 unspecified atom stereocenters. The Bertz CT molecular complexity index is 978. The molecule has 2 atom stereocenters. The number of benzene rings is 2. The summed E-state index contributed by atoms with van der Waals surface area (Å²) >= 11 is 0. The van der Waals surface area contributed by atoms with Crippen LogP contribution in [0.15, 0.2) is 77.2 Å². The van der Waals surface area contributed by atoms with Crippen LogP contribution in [-0.2, 0) is 9.53 Å². The number of ether oxygens (including phenoxy) is 1. The van der Waals surface area contributed by atoms with Gasteiger partial charge >= 0.3 is 0 Å². The average molecular weight is 434 g/mol. The molecule has 0 aromatic heterocycles. The highest BCUT2D eigenvalue weighted by Crippen LogP contribution is 2.39. The van der Waals surface area contributed by atoms with Crippen LogP contribution in [0.25, 0.3) is 0 Å². The minimum Gasteiger partial charge on any atom is -0.507 e. The second-order valence-corrected chi connectivity index (χ2v) is 8.46. The first-order chi connectivity index (χ1) is 15.6. The quantitative estimate of drug-likeness (QED) is 0.774. The molecule has 2 N–H and O–H groups in total. The Balaban J connectivity index is 1.62. The van der Waals surface area contributed by atoms with Crippen LogP contribution in [-0.4, -0.2) is 70.2 Å². The van der Waals surface area contributed by atoms with E-state index in [0.29, 0.717) is 19.8 Å². The van der Waals surface area contributed by atoms with Crippen LogP contribution in [0.4, 0.5) is 0 Å². The van der Waals surface area contributed by atoms with Gasteiger partial charge in [0.1, 0.15) is 6.10 Å². The zero-order valence-electron chi connectivity index (χ0n) is 17.7. The Morgan fingerprint density at radius 2 is 1.56 bits per heavy atom. The minimum atomic E-state index is -1.28. The average Bonchev–Trinajstić information content (AvgIpc) is 2.84. The first kappa shape index (κ1) is 20.7. The number of carbonyl (C=O) groups is 1. The van der Waals surface area contributed by atoms with Crippen LogP contribution in [0.1, 0.15) is 29.9 Å². The van der Waals surface area contributed by atoms with Crippen molar-refractivity contribution in [2.45, 2.75) is 36.9 Å². The number of aliphatic hydroxyl groups is 2. The summed E-state index contributed by atoms with van der Waals surface area (Å²) in [6.07, 6.45) is 1.50. The molecule has 0 saturated carbocycles. The highest BCUT2D eigenvalue weighted by atomic mass is 16.5. The molecule has 2 fully saturated rings. The number of nitrogens with zero attached hydrogens (tertiary/aromatic N) is 3. The molecular formula is C25H27N3O4. The minimum absolute atomic E-state index is 0.0245. The van der Waals surface area contributed by atoms with Gasteiger partial charge in [-0.05, 0) is 24.0 Å². The monoisotopic (exact) mass is 433 g/mol. The van der Waals surface area contributed by atoms with Crippen LogP contribution in [0.2, 0.25) is 0 Å². The van der Waals surface area contributed by atoms with E-state index < -0.39 is 6.10 Å². The molecule has 2 saturated heterocycles. The molecular weight excluding hydrogens is 406 g/mol. The molecule has 3 aliphatic rings. The van der Waals surface area contributed by atoms with E-state index in [9.17, 15) is 15.0 Å². The summed E-state index contributed by atoms with van der Waals surface area (Å²) in [6, 6.07) is 20.1. The molecule has 0 bridgehead atoms. The van der Waals surface area contributed by atoms with Crippen molar-refractivity contribution >= 4 is 12.1 Å². The molecule has 7 heteroatoms. The molecule has 166 valence electrons. The summed E-state index contributed by atoms with van der Waals surface area (Å²) in [5, 5.41) is 27.0. The summed E-state index contributed by atoms with van der Waals surface area (Å²) in [5.41, 5.74) is 2.27. The van der Waals surface area contributed by atoms with Crippen LogP contribution in [0.5, 0.6) is 0 Å². The first-order valence-corrected chi connectivity index (χ1v) is 11.1. The zero-order valence-corrected chi connectivity index (χ0v) is 17.7. The van der Waals surface area contributed by atoms with E-state index in [1.807, 2.05) is 41.3 Å². The maximum atomic E-state index is 13.5. The topological polar surface area (TPSA) is 85.6 Å². The number of rotatable bonds is 4. The van der Waals surface area contributed by atoms with Gasteiger partial charge in [0.25, 0.3) is 5.91 Å². The maximum Gasteiger partial charge on any atom is 0.276 e. The zero-order chi connectivity index (χ0) is 22.1. The Morgan fingerprint density at radius 1 is 0.969 bits per heavy atom. The van der Waals surface area contributed by atoms with Gasteiger partial charge in [0, 0.05) is 31.7 Å². The van der Waals surface area contributed by atoms with Gasteiger partial charge in [-0.1, -0.05) is 60.7 Å². The van der Waals surface area contributed by atoms with Crippen LogP contribution < -0.4 is 0 Å². The first-order valence-electron chi connectivity index (χ1n) is 11.1. The second kappa shape index (κ2) is 8.76. The van der Waals surface area contributed by atoms with Gasteiger partial charge in [-0.3, -0.25) is 9.80 Å². The second-order valence-electron chi connectivity index (χ2n) is 8.46. The number of hydrazone groups is 1. The lowest BCUT2D eigenvalue weighted by atomic mass is 9.82. The maximum absolute atomic E-state index is 13.5. The van der Waals surface area contributed by atoms with Crippen molar-refractivity contribution < 1.29 is 19.7 Å². The Labute approximate surface area is 187 Å². The smallest absolute Gasteiger partial charge is 0.276 e. The van der Waals surface area contributed by atoms with E-state index in [-0.39, 0.29) is 35.4 Å². The number of hydrogen-bond acceptors (Lipinski definition) is 6. The van der Waals surface area contributed by atoms with Gasteiger partial charge in [-0.25, -0.2) is 0 Å². The number of fused-ring (bicyclic) bond motifs is 1. The normalized spacial score (nSPS) is 24.2. The molecule has 3 heterocycles. The Hall–Kier alpha value is -3.16. The summed E-state index contributed by atoms with van der Waals surface area (Å²) in [7, 11) is 0. The van der Waals surface area contributed by atoms with E-state index in [2.05, 4.69) is 29.4 Å². The van der Waals surface area contributed by atoms with E-state index in [4.69, 9.17) is 4.74 Å². The number of aliphatic hydroxyl groups excluding tert-OH is 2. The SMILES string of the molecule is O=C1C2=C(O)C(O)C=NN2[C@@H](C(c2ccccc2)c2ccccc2)CN1C1CCOCC1. The van der Waals surface area contributed by atoms with Crippen molar-refractivity contribution in [3.05, 3.63) is 83.2 Å². The van der Waals surface area contributed by atoms with Gasteiger partial charge in [0.15, 0.2) is 11.5 Å². The molecule has 7 nitrogen and oxygen atoms in total. The largest absolute Gasteiger partial charge is 0.507 e. The van der Waals surface area contributed by atoms with Crippen LogP contribution in [0, 0.1) is 0 Å². The third-order valence-corrected chi connectivity index (χ3v) is 6.58. The summed E-state index contributed by atoms with van der Waals surface area (Å²) in [4.78, 5) is 15.3. The molecule has 0 aliphatic carbocycles. The van der Waals surface area contributed by atoms with Crippen LogP contribution >= 0.6 is 0 Å². The molecule has 32 heavy (non-hydrogen) atoms. The van der Waals surface area contributed by atoms with E-state index in [1.165, 1.54) is 6.21 Å². The number of carbonyl (C=O) groups excluding carboxylic acids is 1. The van der Waals surface area contributed by atoms with Crippen molar-refractivity contribution in [2.24, 2.45) is 5.10 Å². The fraction of sp³-hybridized carbons (Fsp3) is 0.360. The number of hydrogen-bond donors (Lipinski definition) is 2. The Morgan fingerprint density at radius 3 is 2.16 bits per heavy atom. The van der Waals surface area contributed by atoms with Gasteiger partial charge in [0.2, 0.25) is 0 Å². The molecule has 3 aliphatic heterocycles. The highest BCUT2D eigenvalue weighted by Gasteiger charge is 2.46. The lowest BCUT2D eigenvalue weighted by molar-refractivity contribution is -0.139. The molecule has 5 rings (SSSR count). The standard InChI is InChI=1S/C25H27N3O4/c29-21-15-26-28-20(22(17-7-3-1-4-8-17)18-9-5-2-6-10-18)16-27(19-11-13-32-14-12-19)25(31)23(28)24(21)30/h1-10,15,19-22,29-30H,11-14,16H2/t20-,21?/m1/s1. The van der Waals surface area contributed by atoms with Gasteiger partial charge in [0.05, 0.1) is 12.3 Å². The third kappa shape index (κ3) is 3.67. The Kier molecular flexibility index (Phi) is 5.68. The lowest BCUT2D eigenvalue weighted by Crippen LogP contribution is -2.60. The van der Waals surface area contributed by atoms with Crippen LogP contribution in [0.3, 0.4) is 0 Å². The van der Waals surface area contributed by atoms with Crippen molar-refractivity contribution in [3.8, 4) is 0 Å². The van der Waals surface area contributed by atoms with Crippen molar-refractivity contribution in [1.29, 1.82) is 0 Å². The van der Waals surface area contributed by atoms with E-state index in [0.717, 1.165) is 24.0 Å². The molecule has 0 radical (unpaired) electrons. The predicted molar refractivity (Wildman–Crippen MR) is 120 cm³/mol. The summed E-state index contributed by atoms with van der Waals surface area (Å²) in [6.45, 7) is 1.67. The molecule has 2 aromatic carbocycles. The van der Waals surface area contributed by atoms with Gasteiger partial charge < -0.3 is 19.8 Å². The van der Waals surface area contributed by atoms with Crippen molar-refractivity contribution in [2.75, 3.05) is 19.8 Å². The van der Waals surface area contributed by atoms with Gasteiger partial charge in [-0.2, -0.15) is 5.10 Å². The fourth-order valence-electron chi connectivity index (χ4n) is 4.99. The third-order valence-electron chi connectivity index (χ3n) is 6.58. The fourth-order valence-corrected chi connectivity index (χ4v) is 4.99. The predicted octanol–water partition coefficient (Wildman–Crippen LogP) is 2.64. The van der Waals surface area contributed by atoms with Gasteiger partial charge in [-0.15, -0.1) is 0 Å². The van der Waals surface area contributed by atoms with Crippen molar-refractivity contribution in [3.63, 3.8) is 0 Å². The van der Waals surface area contributed by atoms with E-state index >= 15 is 0 Å². The lowest BCUT2D eigenvalue weighted by Gasteiger charge is -2.48. The van der Waals surface area contributed by atoms with E-state index in [1.54, 1.807) is 5.01 Å². The highest BCUT2D eigenvalue weighted by molar-refractivity contribution is 5.96. The number of amides is 1.